The molecular formula is C21H23N3O5S. The van der Waals surface area contributed by atoms with Crippen molar-refractivity contribution in [3.8, 4) is 5.75 Å². The molecule has 0 unspecified atom stereocenters. The van der Waals surface area contributed by atoms with Gasteiger partial charge in [0.25, 0.3) is 5.56 Å². The number of esters is 1. The van der Waals surface area contributed by atoms with Crippen molar-refractivity contribution in [3.05, 3.63) is 57.0 Å². The maximum atomic E-state index is 12.8. The van der Waals surface area contributed by atoms with Gasteiger partial charge in [-0.05, 0) is 43.5 Å². The minimum atomic E-state index is -0.472. The number of nitrogens with zero attached hydrogens (tertiary/aromatic N) is 2. The van der Waals surface area contributed by atoms with Crippen molar-refractivity contribution in [2.45, 2.75) is 26.8 Å². The molecule has 0 radical (unpaired) electrons. The molecule has 1 amide bonds. The van der Waals surface area contributed by atoms with Crippen LogP contribution < -0.4 is 15.6 Å². The van der Waals surface area contributed by atoms with Crippen LogP contribution in [-0.4, -0.2) is 41.7 Å². The molecule has 0 bridgehead atoms. The van der Waals surface area contributed by atoms with Gasteiger partial charge in [0, 0.05) is 6.54 Å². The summed E-state index contributed by atoms with van der Waals surface area (Å²) in [6, 6.07) is 7.61. The number of hydrogen-bond donors (Lipinski definition) is 1. The van der Waals surface area contributed by atoms with E-state index in [-0.39, 0.29) is 24.6 Å². The van der Waals surface area contributed by atoms with Crippen molar-refractivity contribution in [2.75, 3.05) is 20.3 Å². The smallest absolute Gasteiger partial charge is 0.348 e. The lowest BCUT2D eigenvalue weighted by Crippen LogP contribution is -2.33. The molecular weight excluding hydrogens is 406 g/mol. The fourth-order valence-electron chi connectivity index (χ4n) is 3.01. The highest BCUT2D eigenvalue weighted by Gasteiger charge is 2.20. The second-order valence-corrected chi connectivity index (χ2v) is 7.58. The summed E-state index contributed by atoms with van der Waals surface area (Å²) in [4.78, 5) is 42.2. The minimum Gasteiger partial charge on any atom is -0.497 e. The maximum Gasteiger partial charge on any atom is 0.348 e. The number of rotatable bonds is 8. The Morgan fingerprint density at radius 2 is 1.97 bits per heavy atom. The van der Waals surface area contributed by atoms with Crippen LogP contribution in [0.15, 0.2) is 35.4 Å². The second kappa shape index (κ2) is 9.53. The fraction of sp³-hybridized carbons (Fsp3) is 0.333. The first-order valence-corrected chi connectivity index (χ1v) is 10.3. The number of aryl methyl sites for hydroxylation is 1. The summed E-state index contributed by atoms with van der Waals surface area (Å²) in [5.74, 6) is 0.0189. The zero-order valence-electron chi connectivity index (χ0n) is 17.1. The highest BCUT2D eigenvalue weighted by molar-refractivity contribution is 7.20. The molecule has 8 nitrogen and oxygen atoms in total. The van der Waals surface area contributed by atoms with E-state index in [4.69, 9.17) is 9.47 Å². The molecule has 0 saturated carbocycles. The molecule has 30 heavy (non-hydrogen) atoms. The third kappa shape index (κ3) is 4.68. The average molecular weight is 429 g/mol. The third-order valence-corrected chi connectivity index (χ3v) is 5.77. The molecule has 3 rings (SSSR count). The van der Waals surface area contributed by atoms with Crippen LogP contribution in [0.5, 0.6) is 5.75 Å². The van der Waals surface area contributed by atoms with Gasteiger partial charge in [-0.25, -0.2) is 9.78 Å². The predicted octanol–water partition coefficient (Wildman–Crippen LogP) is 2.31. The van der Waals surface area contributed by atoms with Gasteiger partial charge in [0.15, 0.2) is 0 Å². The number of carbonyl (C=O) groups is 2. The van der Waals surface area contributed by atoms with Gasteiger partial charge >= 0.3 is 5.97 Å². The normalized spacial score (nSPS) is 10.8. The van der Waals surface area contributed by atoms with Crippen LogP contribution in [0.2, 0.25) is 0 Å². The van der Waals surface area contributed by atoms with Gasteiger partial charge in [0.2, 0.25) is 5.91 Å². The number of aromatic nitrogens is 2. The highest BCUT2D eigenvalue weighted by Crippen LogP contribution is 2.27. The van der Waals surface area contributed by atoms with E-state index in [1.165, 1.54) is 10.9 Å². The summed E-state index contributed by atoms with van der Waals surface area (Å²) >= 11 is 1.12. The first-order valence-electron chi connectivity index (χ1n) is 9.49. The first-order chi connectivity index (χ1) is 14.4. The Hall–Kier alpha value is -3.20. The Kier molecular flexibility index (Phi) is 6.83. The van der Waals surface area contributed by atoms with Crippen molar-refractivity contribution in [1.29, 1.82) is 0 Å². The van der Waals surface area contributed by atoms with E-state index in [0.717, 1.165) is 22.6 Å². The predicted molar refractivity (Wildman–Crippen MR) is 114 cm³/mol. The molecule has 2 heterocycles. The van der Waals surface area contributed by atoms with Crippen LogP contribution in [0.3, 0.4) is 0 Å². The number of hydrogen-bond acceptors (Lipinski definition) is 7. The van der Waals surface area contributed by atoms with E-state index in [1.807, 2.05) is 24.3 Å². The molecule has 0 saturated heterocycles. The molecule has 0 aliphatic rings. The summed E-state index contributed by atoms with van der Waals surface area (Å²) in [6.45, 7) is 3.96. The standard InChI is InChI=1S/C21H23N3O5S/c1-4-29-21(27)18-13(2)17-19(30-18)23-12-24(20(17)26)11-16(25)22-10-9-14-5-7-15(28-3)8-6-14/h5-8,12H,4,9-11H2,1-3H3,(H,22,25). The first kappa shape index (κ1) is 21.5. The van der Waals surface area contributed by atoms with E-state index in [1.54, 1.807) is 21.0 Å². The minimum absolute atomic E-state index is 0.144. The molecule has 0 atom stereocenters. The number of benzene rings is 1. The number of methoxy groups -OCH3 is 1. The van der Waals surface area contributed by atoms with E-state index in [2.05, 4.69) is 10.3 Å². The van der Waals surface area contributed by atoms with Gasteiger partial charge in [0.1, 0.15) is 22.0 Å². The Balaban J connectivity index is 1.66. The van der Waals surface area contributed by atoms with Crippen LogP contribution in [0, 0.1) is 6.92 Å². The van der Waals surface area contributed by atoms with Crippen molar-refractivity contribution in [3.63, 3.8) is 0 Å². The Morgan fingerprint density at radius 1 is 1.23 bits per heavy atom. The topological polar surface area (TPSA) is 99.5 Å². The Morgan fingerprint density at radius 3 is 2.63 bits per heavy atom. The lowest BCUT2D eigenvalue weighted by Gasteiger charge is -2.08. The van der Waals surface area contributed by atoms with Crippen molar-refractivity contribution >= 4 is 33.4 Å². The largest absolute Gasteiger partial charge is 0.497 e. The summed E-state index contributed by atoms with van der Waals surface area (Å²) in [5, 5.41) is 3.15. The molecule has 3 aromatic rings. The molecule has 0 aliphatic heterocycles. The van der Waals surface area contributed by atoms with Gasteiger partial charge in [-0.15, -0.1) is 11.3 Å². The average Bonchev–Trinajstić information content (AvgIpc) is 3.08. The molecule has 1 N–H and O–H groups in total. The molecule has 2 aromatic heterocycles. The van der Waals surface area contributed by atoms with Crippen molar-refractivity contribution in [1.82, 2.24) is 14.9 Å². The third-order valence-electron chi connectivity index (χ3n) is 4.59. The van der Waals surface area contributed by atoms with Crippen molar-refractivity contribution in [2.24, 2.45) is 0 Å². The number of amides is 1. The van der Waals surface area contributed by atoms with Gasteiger partial charge in [-0.3, -0.25) is 14.2 Å². The maximum absolute atomic E-state index is 12.8. The van der Waals surface area contributed by atoms with Crippen LogP contribution in [0.1, 0.15) is 27.7 Å². The SMILES string of the molecule is CCOC(=O)c1sc2ncn(CC(=O)NCCc3ccc(OC)cc3)c(=O)c2c1C. The van der Waals surface area contributed by atoms with E-state index < -0.39 is 5.97 Å². The Labute approximate surface area is 177 Å². The van der Waals surface area contributed by atoms with E-state index in [9.17, 15) is 14.4 Å². The lowest BCUT2D eigenvalue weighted by molar-refractivity contribution is -0.121. The van der Waals surface area contributed by atoms with Gasteiger partial charge in [-0.1, -0.05) is 12.1 Å². The number of nitrogens with one attached hydrogen (secondary N) is 1. The monoisotopic (exact) mass is 429 g/mol. The molecule has 0 fully saturated rings. The molecule has 0 aliphatic carbocycles. The molecule has 1 aromatic carbocycles. The summed E-state index contributed by atoms with van der Waals surface area (Å²) in [7, 11) is 1.61. The van der Waals surface area contributed by atoms with Crippen LogP contribution in [0.25, 0.3) is 10.2 Å². The van der Waals surface area contributed by atoms with Crippen molar-refractivity contribution < 1.29 is 19.1 Å². The Bertz CT molecular complexity index is 1120. The van der Waals surface area contributed by atoms with E-state index in [0.29, 0.717) is 33.6 Å². The molecule has 158 valence electrons. The number of ether oxygens (including phenoxy) is 2. The fourth-order valence-corrected chi connectivity index (χ4v) is 4.05. The van der Waals surface area contributed by atoms with Gasteiger partial charge in [-0.2, -0.15) is 0 Å². The molecule has 9 heteroatoms. The zero-order valence-corrected chi connectivity index (χ0v) is 17.9. The van der Waals surface area contributed by atoms with Gasteiger partial charge in [0.05, 0.1) is 25.4 Å². The number of thiophene rings is 1. The van der Waals surface area contributed by atoms with Crippen LogP contribution >= 0.6 is 11.3 Å². The van der Waals surface area contributed by atoms with Crippen LogP contribution in [0.4, 0.5) is 0 Å². The summed E-state index contributed by atoms with van der Waals surface area (Å²) in [6.07, 6.45) is 1.99. The highest BCUT2D eigenvalue weighted by atomic mass is 32.1. The van der Waals surface area contributed by atoms with E-state index >= 15 is 0 Å². The quantitative estimate of drug-likeness (QED) is 0.552. The molecule has 0 spiro atoms. The number of carbonyl (C=O) groups excluding carboxylic acids is 2. The van der Waals surface area contributed by atoms with Crippen LogP contribution in [-0.2, 0) is 22.5 Å². The second-order valence-electron chi connectivity index (χ2n) is 6.58. The summed E-state index contributed by atoms with van der Waals surface area (Å²) < 4.78 is 11.4. The summed E-state index contributed by atoms with van der Waals surface area (Å²) in [5.41, 5.74) is 1.24. The lowest BCUT2D eigenvalue weighted by atomic mass is 10.1. The zero-order chi connectivity index (χ0) is 21.7. The van der Waals surface area contributed by atoms with Gasteiger partial charge < -0.3 is 14.8 Å². The number of fused-ring (bicyclic) bond motifs is 1.